The van der Waals surface area contributed by atoms with Crippen molar-refractivity contribution < 1.29 is 13.9 Å². The fourth-order valence-corrected chi connectivity index (χ4v) is 3.08. The van der Waals surface area contributed by atoms with Gasteiger partial charge in [0.2, 0.25) is 0 Å². The number of hydrogen-bond acceptors (Lipinski definition) is 4. The molecule has 1 aliphatic heterocycles. The molecule has 134 valence electrons. The Kier molecular flexibility index (Phi) is 5.38. The van der Waals surface area contributed by atoms with Gasteiger partial charge in [0.25, 0.3) is 0 Å². The van der Waals surface area contributed by atoms with Crippen LogP contribution in [-0.4, -0.2) is 35.7 Å². The first-order valence-corrected chi connectivity index (χ1v) is 8.82. The van der Waals surface area contributed by atoms with Crippen molar-refractivity contribution >= 4 is 11.7 Å². The van der Waals surface area contributed by atoms with Crippen molar-refractivity contribution in [2.45, 2.75) is 39.7 Å². The van der Waals surface area contributed by atoms with Gasteiger partial charge in [0.15, 0.2) is 0 Å². The van der Waals surface area contributed by atoms with E-state index in [9.17, 15) is 4.79 Å². The third-order valence-corrected chi connectivity index (χ3v) is 4.55. The molecule has 2 aromatic heterocycles. The highest BCUT2D eigenvalue weighted by Crippen LogP contribution is 2.28. The van der Waals surface area contributed by atoms with Gasteiger partial charge in [0.1, 0.15) is 17.6 Å². The lowest BCUT2D eigenvalue weighted by Gasteiger charge is -2.34. The van der Waals surface area contributed by atoms with Gasteiger partial charge in [-0.25, -0.2) is 4.79 Å². The van der Waals surface area contributed by atoms with Crippen LogP contribution < -0.4 is 5.32 Å². The van der Waals surface area contributed by atoms with Crippen molar-refractivity contribution in [3.8, 4) is 0 Å². The van der Waals surface area contributed by atoms with Gasteiger partial charge in [0.05, 0.1) is 24.6 Å². The maximum Gasteiger partial charge on any atom is 0.322 e. The minimum atomic E-state index is -0.212. The van der Waals surface area contributed by atoms with E-state index in [1.807, 2.05) is 39.0 Å². The maximum atomic E-state index is 12.9. The SMILES string of the molecule is CCc1ccc(C2COCCN2C(=O)Nc2c(C)ccnc2CC)o1. The summed E-state index contributed by atoms with van der Waals surface area (Å²) in [6, 6.07) is 5.45. The van der Waals surface area contributed by atoms with Crippen LogP contribution in [0.2, 0.25) is 0 Å². The number of nitrogens with zero attached hydrogens (tertiary/aromatic N) is 2. The number of furan rings is 1. The fourth-order valence-electron chi connectivity index (χ4n) is 3.08. The molecule has 0 aromatic carbocycles. The first kappa shape index (κ1) is 17.5. The summed E-state index contributed by atoms with van der Waals surface area (Å²) in [5.41, 5.74) is 2.70. The molecule has 2 aromatic rings. The zero-order valence-electron chi connectivity index (χ0n) is 15.0. The number of carbonyl (C=O) groups excluding carboxylic acids is 1. The van der Waals surface area contributed by atoms with E-state index in [1.54, 1.807) is 11.1 Å². The Morgan fingerprint density at radius 2 is 2.16 bits per heavy atom. The van der Waals surface area contributed by atoms with Gasteiger partial charge in [0, 0.05) is 19.2 Å². The molecule has 1 N–H and O–H groups in total. The predicted octanol–water partition coefficient (Wildman–Crippen LogP) is 3.71. The Hall–Kier alpha value is -2.34. The number of anilines is 1. The van der Waals surface area contributed by atoms with Crippen LogP contribution in [-0.2, 0) is 17.6 Å². The van der Waals surface area contributed by atoms with Crippen LogP contribution in [0, 0.1) is 6.92 Å². The molecule has 0 spiro atoms. The van der Waals surface area contributed by atoms with Crippen LogP contribution in [0.5, 0.6) is 0 Å². The topological polar surface area (TPSA) is 67.6 Å². The molecule has 1 fully saturated rings. The summed E-state index contributed by atoms with van der Waals surface area (Å²) in [6.45, 7) is 7.55. The van der Waals surface area contributed by atoms with Gasteiger partial charge in [-0.15, -0.1) is 0 Å². The molecular weight excluding hydrogens is 318 g/mol. The molecule has 1 atom stereocenters. The van der Waals surface area contributed by atoms with Crippen LogP contribution >= 0.6 is 0 Å². The molecule has 0 saturated carbocycles. The van der Waals surface area contributed by atoms with Crippen molar-refractivity contribution in [1.82, 2.24) is 9.88 Å². The second kappa shape index (κ2) is 7.70. The third-order valence-electron chi connectivity index (χ3n) is 4.55. The molecule has 0 aliphatic carbocycles. The number of morpholine rings is 1. The molecule has 3 rings (SSSR count). The van der Waals surface area contributed by atoms with E-state index in [4.69, 9.17) is 9.15 Å². The molecule has 1 unspecified atom stereocenters. The first-order valence-electron chi connectivity index (χ1n) is 8.82. The summed E-state index contributed by atoms with van der Waals surface area (Å²) < 4.78 is 11.4. The molecule has 0 radical (unpaired) electrons. The van der Waals surface area contributed by atoms with Gasteiger partial charge in [-0.3, -0.25) is 4.98 Å². The average molecular weight is 343 g/mol. The molecule has 1 saturated heterocycles. The highest BCUT2D eigenvalue weighted by Gasteiger charge is 2.31. The van der Waals surface area contributed by atoms with Gasteiger partial charge < -0.3 is 19.4 Å². The lowest BCUT2D eigenvalue weighted by Crippen LogP contribution is -2.45. The Morgan fingerprint density at radius 3 is 2.88 bits per heavy atom. The van der Waals surface area contributed by atoms with Crippen LogP contribution in [0.3, 0.4) is 0 Å². The Balaban J connectivity index is 1.82. The fraction of sp³-hybridized carbons (Fsp3) is 0.474. The van der Waals surface area contributed by atoms with Crippen molar-refractivity contribution in [3.63, 3.8) is 0 Å². The number of pyridine rings is 1. The summed E-state index contributed by atoms with van der Waals surface area (Å²) in [4.78, 5) is 19.1. The quantitative estimate of drug-likeness (QED) is 0.919. The van der Waals surface area contributed by atoms with Crippen molar-refractivity contribution in [2.75, 3.05) is 25.1 Å². The molecule has 6 heteroatoms. The largest absolute Gasteiger partial charge is 0.464 e. The van der Waals surface area contributed by atoms with E-state index < -0.39 is 0 Å². The molecule has 6 nitrogen and oxygen atoms in total. The minimum absolute atomic E-state index is 0.145. The number of ether oxygens (including phenoxy) is 1. The van der Waals surface area contributed by atoms with Crippen LogP contribution in [0.25, 0.3) is 0 Å². The zero-order chi connectivity index (χ0) is 17.8. The van der Waals surface area contributed by atoms with E-state index in [0.29, 0.717) is 19.8 Å². The van der Waals surface area contributed by atoms with E-state index >= 15 is 0 Å². The van der Waals surface area contributed by atoms with Gasteiger partial charge in [-0.05, 0) is 37.1 Å². The number of hydrogen-bond donors (Lipinski definition) is 1. The number of nitrogens with one attached hydrogen (secondary N) is 1. The monoisotopic (exact) mass is 343 g/mol. The highest BCUT2D eigenvalue weighted by molar-refractivity contribution is 5.91. The smallest absolute Gasteiger partial charge is 0.322 e. The summed E-state index contributed by atoms with van der Waals surface area (Å²) in [5, 5.41) is 3.05. The van der Waals surface area contributed by atoms with E-state index in [-0.39, 0.29) is 12.1 Å². The number of rotatable bonds is 4. The second-order valence-electron chi connectivity index (χ2n) is 6.17. The highest BCUT2D eigenvalue weighted by atomic mass is 16.5. The van der Waals surface area contributed by atoms with Gasteiger partial charge in [-0.1, -0.05) is 13.8 Å². The molecule has 1 aliphatic rings. The van der Waals surface area contributed by atoms with E-state index in [0.717, 1.165) is 41.3 Å². The number of aromatic nitrogens is 1. The van der Waals surface area contributed by atoms with E-state index in [1.165, 1.54) is 0 Å². The van der Waals surface area contributed by atoms with Crippen molar-refractivity contribution in [2.24, 2.45) is 0 Å². The van der Waals surface area contributed by atoms with Crippen LogP contribution in [0.15, 0.2) is 28.8 Å². The van der Waals surface area contributed by atoms with Crippen LogP contribution in [0.4, 0.5) is 10.5 Å². The Bertz CT molecular complexity index is 741. The maximum absolute atomic E-state index is 12.9. The summed E-state index contributed by atoms with van der Waals surface area (Å²) >= 11 is 0. The summed E-state index contributed by atoms with van der Waals surface area (Å²) in [5.74, 6) is 1.68. The summed E-state index contributed by atoms with van der Waals surface area (Å²) in [6.07, 6.45) is 3.37. The second-order valence-corrected chi connectivity index (χ2v) is 6.17. The normalized spacial score (nSPS) is 17.6. The van der Waals surface area contributed by atoms with Gasteiger partial charge in [-0.2, -0.15) is 0 Å². The number of urea groups is 1. The number of aryl methyl sites for hydroxylation is 3. The molecule has 2 amide bonds. The Labute approximate surface area is 148 Å². The number of carbonyl (C=O) groups is 1. The lowest BCUT2D eigenvalue weighted by molar-refractivity contribution is 0.00701. The predicted molar refractivity (Wildman–Crippen MR) is 95.7 cm³/mol. The first-order chi connectivity index (χ1) is 12.1. The Morgan fingerprint density at radius 1 is 1.32 bits per heavy atom. The molecule has 25 heavy (non-hydrogen) atoms. The van der Waals surface area contributed by atoms with E-state index in [2.05, 4.69) is 10.3 Å². The number of amides is 2. The zero-order valence-corrected chi connectivity index (χ0v) is 15.0. The van der Waals surface area contributed by atoms with Gasteiger partial charge >= 0.3 is 6.03 Å². The van der Waals surface area contributed by atoms with Crippen molar-refractivity contribution in [1.29, 1.82) is 0 Å². The molecule has 3 heterocycles. The summed E-state index contributed by atoms with van der Waals surface area (Å²) in [7, 11) is 0. The average Bonchev–Trinajstić information content (AvgIpc) is 3.12. The van der Waals surface area contributed by atoms with Crippen LogP contribution in [0.1, 0.15) is 42.7 Å². The molecular formula is C19H25N3O3. The third kappa shape index (κ3) is 3.69. The molecule has 0 bridgehead atoms. The lowest BCUT2D eigenvalue weighted by atomic mass is 10.1. The van der Waals surface area contributed by atoms with Crippen molar-refractivity contribution in [3.05, 3.63) is 47.2 Å². The minimum Gasteiger partial charge on any atom is -0.464 e. The standard InChI is InChI=1S/C19H25N3O3/c1-4-14-6-7-17(25-14)16-12-24-11-10-22(16)19(23)21-18-13(3)8-9-20-15(18)5-2/h6-9,16H,4-5,10-12H2,1-3H3,(H,21,23).